The van der Waals surface area contributed by atoms with Gasteiger partial charge >= 0.3 is 0 Å². The molecule has 1 unspecified atom stereocenters. The molecule has 0 saturated heterocycles. The zero-order valence-electron chi connectivity index (χ0n) is 27.2. The van der Waals surface area contributed by atoms with Gasteiger partial charge in [0.2, 0.25) is 0 Å². The Balaban J connectivity index is 1.16. The first-order valence-electron chi connectivity index (χ1n) is 16.8. The van der Waals surface area contributed by atoms with Gasteiger partial charge in [-0.15, -0.1) is 11.3 Å². The summed E-state index contributed by atoms with van der Waals surface area (Å²) >= 11 is 1.86. The van der Waals surface area contributed by atoms with Crippen LogP contribution >= 0.6 is 11.3 Å². The molecule has 3 heteroatoms. The van der Waals surface area contributed by atoms with Gasteiger partial charge in [-0.05, 0) is 88.8 Å². The number of para-hydroxylation sites is 2. The van der Waals surface area contributed by atoms with Gasteiger partial charge in [0.1, 0.15) is 0 Å². The van der Waals surface area contributed by atoms with Crippen LogP contribution in [0.3, 0.4) is 0 Å². The molecular formula is C45H36N2S. The largest absolute Gasteiger partial charge is 0.354 e. The van der Waals surface area contributed by atoms with Crippen LogP contribution in [0.25, 0.3) is 31.3 Å². The first-order chi connectivity index (χ1) is 23.6. The number of anilines is 5. The summed E-state index contributed by atoms with van der Waals surface area (Å²) in [6.45, 7) is 4.73. The van der Waals surface area contributed by atoms with Crippen LogP contribution in [0.1, 0.15) is 42.9 Å². The van der Waals surface area contributed by atoms with Gasteiger partial charge < -0.3 is 10.2 Å². The van der Waals surface area contributed by atoms with Crippen molar-refractivity contribution in [2.75, 3.05) is 10.2 Å². The van der Waals surface area contributed by atoms with Crippen molar-refractivity contribution in [3.05, 3.63) is 174 Å². The topological polar surface area (TPSA) is 15.3 Å². The average molecular weight is 637 g/mol. The smallest absolute Gasteiger partial charge is 0.0590 e. The molecule has 1 aliphatic carbocycles. The maximum atomic E-state index is 3.90. The molecule has 2 nitrogen and oxygen atoms in total. The summed E-state index contributed by atoms with van der Waals surface area (Å²) in [5, 5.41) is 6.52. The van der Waals surface area contributed by atoms with E-state index in [9.17, 15) is 0 Å². The lowest BCUT2D eigenvalue weighted by Crippen LogP contribution is -2.30. The van der Waals surface area contributed by atoms with Gasteiger partial charge in [-0.25, -0.2) is 0 Å². The molecule has 2 heterocycles. The molecule has 0 saturated carbocycles. The highest BCUT2D eigenvalue weighted by Gasteiger charge is 2.37. The van der Waals surface area contributed by atoms with Crippen molar-refractivity contribution in [1.29, 1.82) is 0 Å². The van der Waals surface area contributed by atoms with Crippen molar-refractivity contribution < 1.29 is 0 Å². The van der Waals surface area contributed by atoms with E-state index in [4.69, 9.17) is 0 Å². The van der Waals surface area contributed by atoms with Crippen LogP contribution < -0.4 is 10.2 Å². The molecule has 0 amide bonds. The molecule has 232 valence electrons. The lowest BCUT2D eigenvalue weighted by Gasteiger charge is -2.42. The summed E-state index contributed by atoms with van der Waals surface area (Å²) in [5.74, 6) is 0.300. The number of benzene rings is 6. The lowest BCUT2D eigenvalue weighted by molar-refractivity contribution is 0.632. The Hall–Kier alpha value is -5.38. The molecule has 0 spiro atoms. The normalized spacial score (nSPS) is 16.2. The summed E-state index contributed by atoms with van der Waals surface area (Å²) < 4.78 is 2.62. The van der Waals surface area contributed by atoms with Crippen molar-refractivity contribution in [1.82, 2.24) is 0 Å². The van der Waals surface area contributed by atoms with E-state index in [1.54, 1.807) is 0 Å². The molecule has 7 aromatic rings. The Kier molecular flexibility index (Phi) is 6.84. The van der Waals surface area contributed by atoms with Crippen LogP contribution in [-0.2, 0) is 5.41 Å². The van der Waals surface area contributed by atoms with Crippen LogP contribution in [0.2, 0.25) is 0 Å². The standard InChI is InChI=1S/C45H36N2S/c1-45(2)37-20-10-11-22-41(37)47(33-16-7-4-8-17-33)42-27-25-32(29-38(42)45)31-24-26-39(36(28-31)30-14-5-3-6-15-30)46-40-21-13-19-35-34-18-9-12-23-43(34)48-44(35)40/h3-14,16-30,46H,15H2,1-2H3. The highest BCUT2D eigenvalue weighted by Crippen LogP contribution is 2.52. The van der Waals surface area contributed by atoms with Gasteiger partial charge in [0.15, 0.2) is 0 Å². The van der Waals surface area contributed by atoms with Crippen LogP contribution in [0.15, 0.2) is 158 Å². The molecule has 1 aromatic heterocycles. The van der Waals surface area contributed by atoms with Crippen LogP contribution in [0.4, 0.5) is 28.4 Å². The number of thiophene rings is 1. The summed E-state index contributed by atoms with van der Waals surface area (Å²) in [6.07, 6.45) is 9.96. The Morgan fingerprint density at radius 2 is 1.40 bits per heavy atom. The summed E-state index contributed by atoms with van der Waals surface area (Å²) in [6, 6.07) is 49.0. The summed E-state index contributed by atoms with van der Waals surface area (Å²) in [7, 11) is 0. The van der Waals surface area contributed by atoms with E-state index in [1.807, 2.05) is 11.3 Å². The van der Waals surface area contributed by atoms with Crippen molar-refractivity contribution in [2.45, 2.75) is 31.6 Å². The lowest BCUT2D eigenvalue weighted by atomic mass is 9.73. The first-order valence-corrected chi connectivity index (χ1v) is 17.6. The second-order valence-corrected chi connectivity index (χ2v) is 14.5. The van der Waals surface area contributed by atoms with Gasteiger partial charge in [-0.2, -0.15) is 0 Å². The predicted molar refractivity (Wildman–Crippen MR) is 207 cm³/mol. The fourth-order valence-electron chi connectivity index (χ4n) is 7.70. The Bertz CT molecular complexity index is 2390. The van der Waals surface area contributed by atoms with Gasteiger partial charge in [0.25, 0.3) is 0 Å². The second kappa shape index (κ2) is 11.4. The van der Waals surface area contributed by atoms with E-state index < -0.39 is 0 Å². The molecule has 0 fully saturated rings. The molecule has 1 N–H and O–H groups in total. The number of rotatable bonds is 5. The zero-order valence-corrected chi connectivity index (χ0v) is 28.0. The summed E-state index contributed by atoms with van der Waals surface area (Å²) in [4.78, 5) is 2.42. The minimum absolute atomic E-state index is 0.155. The highest BCUT2D eigenvalue weighted by molar-refractivity contribution is 7.26. The molecule has 1 aliphatic heterocycles. The van der Waals surface area contributed by atoms with Crippen LogP contribution in [0, 0.1) is 0 Å². The quantitative estimate of drug-likeness (QED) is 0.202. The molecule has 0 radical (unpaired) electrons. The van der Waals surface area contributed by atoms with E-state index in [0.29, 0.717) is 5.92 Å². The van der Waals surface area contributed by atoms with E-state index in [2.05, 4.69) is 182 Å². The minimum atomic E-state index is -0.155. The van der Waals surface area contributed by atoms with E-state index in [1.165, 1.54) is 65.1 Å². The third kappa shape index (κ3) is 4.69. The number of hydrogen-bond donors (Lipinski definition) is 1. The van der Waals surface area contributed by atoms with Gasteiger partial charge in [-0.3, -0.25) is 0 Å². The van der Waals surface area contributed by atoms with Crippen molar-refractivity contribution in [2.24, 2.45) is 0 Å². The Labute approximate surface area is 286 Å². The second-order valence-electron chi connectivity index (χ2n) is 13.4. The Morgan fingerprint density at radius 1 is 0.646 bits per heavy atom. The van der Waals surface area contributed by atoms with Gasteiger partial charge in [-0.1, -0.05) is 117 Å². The molecular weight excluding hydrogens is 601 g/mol. The van der Waals surface area contributed by atoms with E-state index in [0.717, 1.165) is 17.8 Å². The highest BCUT2D eigenvalue weighted by atomic mass is 32.1. The van der Waals surface area contributed by atoms with Crippen molar-refractivity contribution in [3.8, 4) is 11.1 Å². The maximum Gasteiger partial charge on any atom is 0.0590 e. The van der Waals surface area contributed by atoms with E-state index >= 15 is 0 Å². The SMILES string of the molecule is CC1(C)c2ccccc2N(c2ccccc2)c2ccc(-c3ccc(Nc4cccc5c4sc4ccccc45)c(C4C=CC=CC4)c3)cc21. The van der Waals surface area contributed by atoms with E-state index in [-0.39, 0.29) is 5.41 Å². The minimum Gasteiger partial charge on any atom is -0.354 e. The predicted octanol–water partition coefficient (Wildman–Crippen LogP) is 13.2. The van der Waals surface area contributed by atoms with Crippen LogP contribution in [0.5, 0.6) is 0 Å². The third-order valence-corrected chi connectivity index (χ3v) is 11.4. The molecule has 0 bridgehead atoms. The third-order valence-electron chi connectivity index (χ3n) is 10.2. The number of allylic oxidation sites excluding steroid dienone is 4. The summed E-state index contributed by atoms with van der Waals surface area (Å²) in [5.41, 5.74) is 12.3. The fraction of sp³-hybridized carbons (Fsp3) is 0.111. The van der Waals surface area contributed by atoms with Gasteiger partial charge in [0, 0.05) is 38.2 Å². The fourth-order valence-corrected chi connectivity index (χ4v) is 8.87. The first kappa shape index (κ1) is 28.8. The molecule has 1 atom stereocenters. The number of hydrogen-bond acceptors (Lipinski definition) is 3. The number of nitrogens with zero attached hydrogens (tertiary/aromatic N) is 1. The average Bonchev–Trinajstić information content (AvgIpc) is 3.53. The molecule has 2 aliphatic rings. The number of nitrogens with one attached hydrogen (secondary N) is 1. The maximum absolute atomic E-state index is 3.90. The number of fused-ring (bicyclic) bond motifs is 5. The zero-order chi connectivity index (χ0) is 32.2. The molecule has 6 aromatic carbocycles. The molecule has 48 heavy (non-hydrogen) atoms. The van der Waals surface area contributed by atoms with Crippen LogP contribution in [-0.4, -0.2) is 0 Å². The van der Waals surface area contributed by atoms with Crippen molar-refractivity contribution in [3.63, 3.8) is 0 Å². The van der Waals surface area contributed by atoms with Crippen molar-refractivity contribution >= 4 is 59.9 Å². The monoisotopic (exact) mass is 636 g/mol. The van der Waals surface area contributed by atoms with Gasteiger partial charge in [0.05, 0.1) is 21.8 Å². The Morgan fingerprint density at radius 3 is 2.27 bits per heavy atom. The molecule has 9 rings (SSSR count).